The van der Waals surface area contributed by atoms with Gasteiger partial charge in [0.15, 0.2) is 11.3 Å². The van der Waals surface area contributed by atoms with Gasteiger partial charge in [0, 0.05) is 61.3 Å². The van der Waals surface area contributed by atoms with Gasteiger partial charge >= 0.3 is 11.3 Å². The first-order chi connectivity index (χ1) is 19.0. The SMILES string of the molecule is CCOc1cccc2cc(-c3cc(=O)oc4c(CN5CCN(c6ccccn6)CC5)c(O)ccc34)c(=O)oc12. The summed E-state index contributed by atoms with van der Waals surface area (Å²) < 4.78 is 16.9. The summed E-state index contributed by atoms with van der Waals surface area (Å²) in [6.45, 7) is 5.71. The molecule has 0 spiro atoms. The van der Waals surface area contributed by atoms with Crippen molar-refractivity contribution in [3.05, 3.63) is 93.3 Å². The van der Waals surface area contributed by atoms with Crippen molar-refractivity contribution in [3.8, 4) is 22.6 Å². The number of phenolic OH excluding ortho intramolecular Hbond substituents is 1. The van der Waals surface area contributed by atoms with Crippen LogP contribution in [0, 0.1) is 0 Å². The van der Waals surface area contributed by atoms with E-state index in [1.165, 1.54) is 6.07 Å². The number of pyridine rings is 1. The number of nitrogens with zero attached hydrogens (tertiary/aromatic N) is 3. The number of aromatic nitrogens is 1. The molecule has 5 aromatic rings. The van der Waals surface area contributed by atoms with Crippen LogP contribution in [-0.2, 0) is 6.54 Å². The van der Waals surface area contributed by atoms with Gasteiger partial charge in [0.1, 0.15) is 17.2 Å². The van der Waals surface area contributed by atoms with Crippen LogP contribution in [0.2, 0.25) is 0 Å². The molecule has 2 aromatic carbocycles. The van der Waals surface area contributed by atoms with Crippen LogP contribution < -0.4 is 20.9 Å². The van der Waals surface area contributed by atoms with E-state index in [0.29, 0.717) is 46.4 Å². The van der Waals surface area contributed by atoms with Crippen molar-refractivity contribution in [2.45, 2.75) is 13.5 Å². The number of ether oxygens (including phenoxy) is 1. The number of benzene rings is 2. The van der Waals surface area contributed by atoms with Gasteiger partial charge in [-0.15, -0.1) is 0 Å². The Labute approximate surface area is 223 Å². The maximum Gasteiger partial charge on any atom is 0.344 e. The molecule has 4 heterocycles. The zero-order chi connectivity index (χ0) is 26.9. The largest absolute Gasteiger partial charge is 0.507 e. The number of para-hydroxylation sites is 1. The van der Waals surface area contributed by atoms with Gasteiger partial charge in [-0.1, -0.05) is 18.2 Å². The molecule has 0 unspecified atom stereocenters. The number of hydrogen-bond donors (Lipinski definition) is 1. The molecule has 0 bridgehead atoms. The van der Waals surface area contributed by atoms with E-state index in [4.69, 9.17) is 13.6 Å². The van der Waals surface area contributed by atoms with Crippen LogP contribution in [0.3, 0.4) is 0 Å². The summed E-state index contributed by atoms with van der Waals surface area (Å²) >= 11 is 0. The molecule has 1 aliphatic rings. The van der Waals surface area contributed by atoms with Crippen LogP contribution in [0.1, 0.15) is 12.5 Å². The van der Waals surface area contributed by atoms with E-state index in [9.17, 15) is 14.7 Å². The molecule has 0 saturated carbocycles. The highest BCUT2D eigenvalue weighted by Crippen LogP contribution is 2.35. The molecular formula is C30H27N3O6. The monoisotopic (exact) mass is 525 g/mol. The molecule has 3 aromatic heterocycles. The van der Waals surface area contributed by atoms with Crippen molar-refractivity contribution in [3.63, 3.8) is 0 Å². The molecular weight excluding hydrogens is 498 g/mol. The van der Waals surface area contributed by atoms with E-state index in [-0.39, 0.29) is 16.9 Å². The molecule has 6 rings (SSSR count). The Bertz CT molecular complexity index is 1770. The lowest BCUT2D eigenvalue weighted by molar-refractivity contribution is 0.246. The predicted molar refractivity (Wildman–Crippen MR) is 149 cm³/mol. The van der Waals surface area contributed by atoms with Crippen LogP contribution in [-0.4, -0.2) is 47.8 Å². The second-order valence-corrected chi connectivity index (χ2v) is 9.43. The normalized spacial score (nSPS) is 14.2. The van der Waals surface area contributed by atoms with E-state index in [1.54, 1.807) is 30.5 Å². The van der Waals surface area contributed by atoms with Crippen molar-refractivity contribution in [1.29, 1.82) is 0 Å². The molecule has 198 valence electrons. The van der Waals surface area contributed by atoms with E-state index >= 15 is 0 Å². The fourth-order valence-corrected chi connectivity index (χ4v) is 5.12. The predicted octanol–water partition coefficient (Wildman–Crippen LogP) is 4.39. The van der Waals surface area contributed by atoms with Crippen LogP contribution >= 0.6 is 0 Å². The van der Waals surface area contributed by atoms with Crippen LogP contribution in [0.25, 0.3) is 33.1 Å². The Hall–Kier alpha value is -4.63. The van der Waals surface area contributed by atoms with E-state index in [1.807, 2.05) is 37.3 Å². The second kappa shape index (κ2) is 10.3. The average Bonchev–Trinajstić information content (AvgIpc) is 2.95. The molecule has 1 saturated heterocycles. The second-order valence-electron chi connectivity index (χ2n) is 9.43. The van der Waals surface area contributed by atoms with Gasteiger partial charge < -0.3 is 23.6 Å². The minimum absolute atomic E-state index is 0.0295. The Kier molecular flexibility index (Phi) is 6.50. The van der Waals surface area contributed by atoms with Gasteiger partial charge in [-0.2, -0.15) is 0 Å². The standard InChI is InChI=1S/C30H27N3O6/c1-2-37-25-7-5-6-19-16-22(30(36)39-28(19)25)21-17-27(35)38-29-20(21)9-10-24(34)23(29)18-32-12-14-33(15-13-32)26-8-3-4-11-31-26/h3-11,16-17,34H,2,12-15,18H2,1H3. The Balaban J connectivity index is 1.37. The van der Waals surface area contributed by atoms with Crippen molar-refractivity contribution in [2.75, 3.05) is 37.7 Å². The molecule has 0 aliphatic carbocycles. The molecule has 1 fully saturated rings. The first kappa shape index (κ1) is 24.7. The van der Waals surface area contributed by atoms with Crippen molar-refractivity contribution < 1.29 is 18.7 Å². The third-order valence-corrected chi connectivity index (χ3v) is 7.03. The minimum Gasteiger partial charge on any atom is -0.507 e. The summed E-state index contributed by atoms with van der Waals surface area (Å²) in [5.41, 5.74) is 0.514. The summed E-state index contributed by atoms with van der Waals surface area (Å²) in [5.74, 6) is 1.44. The number of rotatable bonds is 6. The first-order valence-corrected chi connectivity index (χ1v) is 12.9. The van der Waals surface area contributed by atoms with Crippen LogP contribution in [0.15, 0.2) is 85.3 Å². The van der Waals surface area contributed by atoms with Gasteiger partial charge in [-0.3, -0.25) is 4.90 Å². The molecule has 9 heteroatoms. The Morgan fingerprint density at radius 1 is 0.923 bits per heavy atom. The van der Waals surface area contributed by atoms with Gasteiger partial charge in [0.2, 0.25) is 0 Å². The average molecular weight is 526 g/mol. The summed E-state index contributed by atoms with van der Waals surface area (Å²) in [7, 11) is 0. The van der Waals surface area contributed by atoms with Crippen molar-refractivity contribution in [1.82, 2.24) is 9.88 Å². The number of fused-ring (bicyclic) bond motifs is 2. The van der Waals surface area contributed by atoms with Gasteiger partial charge in [0.25, 0.3) is 0 Å². The molecule has 1 N–H and O–H groups in total. The molecule has 9 nitrogen and oxygen atoms in total. The maximum absolute atomic E-state index is 13.1. The van der Waals surface area contributed by atoms with Crippen LogP contribution in [0.5, 0.6) is 11.5 Å². The summed E-state index contributed by atoms with van der Waals surface area (Å²) in [5, 5.41) is 12.0. The number of piperazine rings is 1. The maximum atomic E-state index is 13.1. The van der Waals surface area contributed by atoms with Gasteiger partial charge in [0.05, 0.1) is 17.7 Å². The van der Waals surface area contributed by atoms with Gasteiger partial charge in [-0.25, -0.2) is 14.6 Å². The number of anilines is 1. The fourth-order valence-electron chi connectivity index (χ4n) is 5.12. The number of phenols is 1. The first-order valence-electron chi connectivity index (χ1n) is 12.9. The quantitative estimate of drug-likeness (QED) is 0.323. The highest BCUT2D eigenvalue weighted by atomic mass is 16.5. The lowest BCUT2D eigenvalue weighted by atomic mass is 9.99. The highest BCUT2D eigenvalue weighted by molar-refractivity contribution is 5.97. The van der Waals surface area contributed by atoms with Crippen molar-refractivity contribution >= 4 is 27.8 Å². The smallest absolute Gasteiger partial charge is 0.344 e. The molecule has 1 aliphatic heterocycles. The zero-order valence-corrected chi connectivity index (χ0v) is 21.4. The molecule has 0 radical (unpaired) electrons. The van der Waals surface area contributed by atoms with E-state index < -0.39 is 11.3 Å². The highest BCUT2D eigenvalue weighted by Gasteiger charge is 2.23. The van der Waals surface area contributed by atoms with E-state index in [0.717, 1.165) is 32.0 Å². The summed E-state index contributed by atoms with van der Waals surface area (Å²) in [4.78, 5) is 34.7. The third-order valence-electron chi connectivity index (χ3n) is 7.03. The zero-order valence-electron chi connectivity index (χ0n) is 21.4. The molecule has 0 atom stereocenters. The summed E-state index contributed by atoms with van der Waals surface area (Å²) in [6, 6.07) is 17.4. The fraction of sp³-hybridized carbons (Fsp3) is 0.233. The Morgan fingerprint density at radius 2 is 1.77 bits per heavy atom. The lowest BCUT2D eigenvalue weighted by Gasteiger charge is -2.35. The molecule has 0 amide bonds. The third kappa shape index (κ3) is 4.72. The number of aromatic hydroxyl groups is 1. The lowest BCUT2D eigenvalue weighted by Crippen LogP contribution is -2.46. The summed E-state index contributed by atoms with van der Waals surface area (Å²) in [6.07, 6.45) is 1.78. The minimum atomic E-state index is -0.619. The van der Waals surface area contributed by atoms with Gasteiger partial charge in [-0.05, 0) is 43.3 Å². The molecule has 39 heavy (non-hydrogen) atoms. The van der Waals surface area contributed by atoms with Crippen molar-refractivity contribution in [2.24, 2.45) is 0 Å². The Morgan fingerprint density at radius 3 is 2.54 bits per heavy atom. The number of hydrogen-bond acceptors (Lipinski definition) is 9. The van der Waals surface area contributed by atoms with E-state index in [2.05, 4.69) is 14.8 Å². The van der Waals surface area contributed by atoms with Crippen LogP contribution in [0.4, 0.5) is 5.82 Å². The topological polar surface area (TPSA) is 109 Å².